The van der Waals surface area contributed by atoms with Crippen LogP contribution in [0.3, 0.4) is 0 Å². The molecule has 2 amide bonds. The Morgan fingerprint density at radius 1 is 1.38 bits per heavy atom. The average Bonchev–Trinajstić information content (AvgIpc) is 2.22. The molecule has 2 heterocycles. The standard InChI is InChI=1S/C10H8F2N2O2/c11-7-3-5(4-13-9(7)12)6-1-2-8(15)14-10(6)16/h3-4,6H,1-2H2,(H,14,15,16). The Morgan fingerprint density at radius 3 is 2.75 bits per heavy atom. The molecule has 1 aromatic rings. The summed E-state index contributed by atoms with van der Waals surface area (Å²) in [6.07, 6.45) is 1.59. The van der Waals surface area contributed by atoms with Gasteiger partial charge in [-0.25, -0.2) is 9.37 Å². The monoisotopic (exact) mass is 226 g/mol. The lowest BCUT2D eigenvalue weighted by atomic mass is 9.92. The zero-order chi connectivity index (χ0) is 11.7. The van der Waals surface area contributed by atoms with Gasteiger partial charge >= 0.3 is 0 Å². The van der Waals surface area contributed by atoms with Gasteiger partial charge < -0.3 is 0 Å². The zero-order valence-corrected chi connectivity index (χ0v) is 8.17. The van der Waals surface area contributed by atoms with Crippen LogP contribution in [0.1, 0.15) is 24.3 Å². The van der Waals surface area contributed by atoms with Crippen molar-refractivity contribution in [3.63, 3.8) is 0 Å². The third-order valence-corrected chi connectivity index (χ3v) is 2.46. The van der Waals surface area contributed by atoms with Crippen LogP contribution in [-0.2, 0) is 9.59 Å². The quantitative estimate of drug-likeness (QED) is 0.571. The van der Waals surface area contributed by atoms with Gasteiger partial charge in [0.15, 0.2) is 5.82 Å². The Bertz CT molecular complexity index is 462. The number of pyridine rings is 1. The molecule has 0 aromatic carbocycles. The molecule has 1 aliphatic heterocycles. The SMILES string of the molecule is O=C1CCC(c2cnc(F)c(F)c2)C(=O)N1. The highest BCUT2D eigenvalue weighted by molar-refractivity contribution is 6.00. The molecule has 0 saturated carbocycles. The fourth-order valence-electron chi connectivity index (χ4n) is 1.64. The van der Waals surface area contributed by atoms with Crippen LogP contribution in [0.4, 0.5) is 8.78 Å². The van der Waals surface area contributed by atoms with E-state index in [2.05, 4.69) is 10.3 Å². The Hall–Kier alpha value is -1.85. The number of hydrogen-bond acceptors (Lipinski definition) is 3. The van der Waals surface area contributed by atoms with Gasteiger partial charge in [0.1, 0.15) is 0 Å². The summed E-state index contributed by atoms with van der Waals surface area (Å²) in [7, 11) is 0. The van der Waals surface area contributed by atoms with E-state index in [4.69, 9.17) is 0 Å². The summed E-state index contributed by atoms with van der Waals surface area (Å²) in [5, 5.41) is 2.14. The van der Waals surface area contributed by atoms with Crippen LogP contribution >= 0.6 is 0 Å². The molecule has 6 heteroatoms. The Labute approximate surface area is 89.7 Å². The molecule has 1 atom stereocenters. The highest BCUT2D eigenvalue weighted by Crippen LogP contribution is 2.24. The van der Waals surface area contributed by atoms with E-state index in [9.17, 15) is 18.4 Å². The molecule has 0 aliphatic carbocycles. The summed E-state index contributed by atoms with van der Waals surface area (Å²) < 4.78 is 25.5. The van der Waals surface area contributed by atoms with E-state index in [1.165, 1.54) is 0 Å². The van der Waals surface area contributed by atoms with Crippen LogP contribution in [-0.4, -0.2) is 16.8 Å². The molecule has 0 spiro atoms. The predicted octanol–water partition coefficient (Wildman–Crippen LogP) is 0.880. The molecule has 1 fully saturated rings. The first-order valence-electron chi connectivity index (χ1n) is 4.72. The van der Waals surface area contributed by atoms with E-state index in [1.807, 2.05) is 0 Å². The summed E-state index contributed by atoms with van der Waals surface area (Å²) in [6.45, 7) is 0. The zero-order valence-electron chi connectivity index (χ0n) is 8.17. The normalized spacial score (nSPS) is 20.8. The maximum absolute atomic E-state index is 12.9. The minimum absolute atomic E-state index is 0.190. The summed E-state index contributed by atoms with van der Waals surface area (Å²) >= 11 is 0. The van der Waals surface area contributed by atoms with Crippen molar-refractivity contribution in [1.82, 2.24) is 10.3 Å². The van der Waals surface area contributed by atoms with Gasteiger partial charge in [0, 0.05) is 12.6 Å². The number of nitrogens with zero attached hydrogens (tertiary/aromatic N) is 1. The third kappa shape index (κ3) is 1.91. The van der Waals surface area contributed by atoms with Crippen molar-refractivity contribution in [3.8, 4) is 0 Å². The van der Waals surface area contributed by atoms with Gasteiger partial charge in [-0.1, -0.05) is 0 Å². The highest BCUT2D eigenvalue weighted by atomic mass is 19.2. The second kappa shape index (κ2) is 3.96. The molecule has 0 radical (unpaired) electrons. The van der Waals surface area contributed by atoms with Gasteiger partial charge in [-0.05, 0) is 18.1 Å². The fourth-order valence-corrected chi connectivity index (χ4v) is 1.64. The van der Waals surface area contributed by atoms with Gasteiger partial charge in [-0.2, -0.15) is 4.39 Å². The molecule has 1 aliphatic rings. The fraction of sp³-hybridized carbons (Fsp3) is 0.300. The van der Waals surface area contributed by atoms with Gasteiger partial charge in [0.25, 0.3) is 0 Å². The number of rotatable bonds is 1. The van der Waals surface area contributed by atoms with Crippen LogP contribution in [0.15, 0.2) is 12.3 Å². The Balaban J connectivity index is 2.27. The first-order valence-corrected chi connectivity index (χ1v) is 4.72. The molecule has 1 saturated heterocycles. The lowest BCUT2D eigenvalue weighted by Crippen LogP contribution is -2.39. The minimum atomic E-state index is -1.20. The average molecular weight is 226 g/mol. The van der Waals surface area contributed by atoms with Crippen molar-refractivity contribution in [3.05, 3.63) is 29.6 Å². The highest BCUT2D eigenvalue weighted by Gasteiger charge is 2.28. The molecule has 1 N–H and O–H groups in total. The molecule has 4 nitrogen and oxygen atoms in total. The molecule has 1 unspecified atom stereocenters. The number of nitrogens with one attached hydrogen (secondary N) is 1. The van der Waals surface area contributed by atoms with E-state index in [0.717, 1.165) is 12.3 Å². The predicted molar refractivity (Wildman–Crippen MR) is 49.3 cm³/mol. The number of piperidine rings is 1. The summed E-state index contributed by atoms with van der Waals surface area (Å²) in [5.41, 5.74) is 0.281. The number of imide groups is 1. The van der Waals surface area contributed by atoms with E-state index >= 15 is 0 Å². The van der Waals surface area contributed by atoms with E-state index in [-0.39, 0.29) is 24.3 Å². The summed E-state index contributed by atoms with van der Waals surface area (Å²) in [4.78, 5) is 25.5. The van der Waals surface area contributed by atoms with Gasteiger partial charge in [-0.15, -0.1) is 0 Å². The molecule has 0 bridgehead atoms. The van der Waals surface area contributed by atoms with Gasteiger partial charge in [0.05, 0.1) is 5.92 Å². The van der Waals surface area contributed by atoms with Crippen molar-refractivity contribution in [2.24, 2.45) is 0 Å². The number of carbonyl (C=O) groups excluding carboxylic acids is 2. The number of aromatic nitrogens is 1. The van der Waals surface area contributed by atoms with Crippen molar-refractivity contribution in [1.29, 1.82) is 0 Å². The number of hydrogen-bond donors (Lipinski definition) is 1. The lowest BCUT2D eigenvalue weighted by molar-refractivity contribution is -0.134. The second-order valence-corrected chi connectivity index (χ2v) is 3.54. The van der Waals surface area contributed by atoms with Crippen molar-refractivity contribution in [2.45, 2.75) is 18.8 Å². The van der Waals surface area contributed by atoms with E-state index in [0.29, 0.717) is 0 Å². The van der Waals surface area contributed by atoms with Crippen molar-refractivity contribution < 1.29 is 18.4 Å². The maximum Gasteiger partial charge on any atom is 0.248 e. The van der Waals surface area contributed by atoms with Gasteiger partial charge in [-0.3, -0.25) is 14.9 Å². The van der Waals surface area contributed by atoms with Crippen LogP contribution in [0.25, 0.3) is 0 Å². The van der Waals surface area contributed by atoms with Crippen LogP contribution < -0.4 is 5.32 Å². The van der Waals surface area contributed by atoms with Crippen molar-refractivity contribution in [2.75, 3.05) is 0 Å². The minimum Gasteiger partial charge on any atom is -0.296 e. The summed E-state index contributed by atoms with van der Waals surface area (Å²) in [5.74, 6) is -3.78. The van der Waals surface area contributed by atoms with Crippen LogP contribution in [0.2, 0.25) is 0 Å². The first kappa shape index (κ1) is 10.7. The van der Waals surface area contributed by atoms with Crippen LogP contribution in [0, 0.1) is 11.8 Å². The molecule has 1 aromatic heterocycles. The third-order valence-electron chi connectivity index (χ3n) is 2.46. The largest absolute Gasteiger partial charge is 0.296 e. The number of halogens is 2. The van der Waals surface area contributed by atoms with Crippen molar-refractivity contribution >= 4 is 11.8 Å². The smallest absolute Gasteiger partial charge is 0.248 e. The molecule has 16 heavy (non-hydrogen) atoms. The maximum atomic E-state index is 12.9. The molecule has 84 valence electrons. The van der Waals surface area contributed by atoms with E-state index < -0.39 is 23.6 Å². The number of amides is 2. The van der Waals surface area contributed by atoms with E-state index in [1.54, 1.807) is 0 Å². The molecule has 2 rings (SSSR count). The first-order chi connectivity index (χ1) is 7.58. The van der Waals surface area contributed by atoms with Crippen LogP contribution in [0.5, 0.6) is 0 Å². The topological polar surface area (TPSA) is 59.1 Å². The molecular formula is C10H8F2N2O2. The Morgan fingerprint density at radius 2 is 2.12 bits per heavy atom. The number of carbonyl (C=O) groups is 2. The second-order valence-electron chi connectivity index (χ2n) is 3.54. The Kier molecular flexibility index (Phi) is 2.64. The lowest BCUT2D eigenvalue weighted by Gasteiger charge is -2.20. The molecular weight excluding hydrogens is 218 g/mol. The van der Waals surface area contributed by atoms with Gasteiger partial charge in [0.2, 0.25) is 17.8 Å². The summed E-state index contributed by atoms with van der Waals surface area (Å²) in [6, 6.07) is 0.933.